The van der Waals surface area contributed by atoms with Gasteiger partial charge < -0.3 is 4.74 Å². The smallest absolute Gasteiger partial charge is 0.467 e. The van der Waals surface area contributed by atoms with E-state index in [-0.39, 0.29) is 11.1 Å². The molecule has 0 spiro atoms. The van der Waals surface area contributed by atoms with E-state index in [2.05, 4.69) is 14.7 Å². The zero-order valence-corrected chi connectivity index (χ0v) is 19.5. The predicted molar refractivity (Wildman–Crippen MR) is 117 cm³/mol. The summed E-state index contributed by atoms with van der Waals surface area (Å²) in [6, 6.07) is 7.93. The minimum absolute atomic E-state index is 0.103. The Morgan fingerprint density at radius 2 is 1.78 bits per heavy atom. The molecule has 0 fully saturated rings. The van der Waals surface area contributed by atoms with Crippen LogP contribution in [0.4, 0.5) is 36.6 Å². The van der Waals surface area contributed by atoms with E-state index in [1.807, 2.05) is 0 Å². The molecule has 37 heavy (non-hydrogen) atoms. The summed E-state index contributed by atoms with van der Waals surface area (Å²) in [4.78, 5) is 6.68. The number of ether oxygens (including phenoxy) is 1. The molecule has 2 aromatic heterocycles. The standard InChI is InChI=1S/C22H17F7N4O3S/c1-13(36-20(30)22(27,28)29)14-7-8-15(17(23)10-14)12-33(37(34,35)16-4-3-9-31-11-16)19-6-2-5-18(32-19)21(24,25)26/h2-11,13,30H,12H2,1H3. The number of nitrogens with zero attached hydrogens (tertiary/aromatic N) is 3. The summed E-state index contributed by atoms with van der Waals surface area (Å²) in [7, 11) is -4.59. The molecule has 15 heteroatoms. The maximum atomic E-state index is 15.0. The molecule has 0 bridgehead atoms. The average molecular weight is 550 g/mol. The van der Waals surface area contributed by atoms with Gasteiger partial charge in [-0.15, -0.1) is 0 Å². The predicted octanol–water partition coefficient (Wildman–Crippen LogP) is 5.65. The number of anilines is 1. The Kier molecular flexibility index (Phi) is 7.76. The fraction of sp³-hybridized carbons (Fsp3) is 0.227. The normalized spacial score (nSPS) is 13.2. The molecule has 1 atom stereocenters. The summed E-state index contributed by atoms with van der Waals surface area (Å²) in [6.07, 6.45) is -9.12. The van der Waals surface area contributed by atoms with E-state index in [9.17, 15) is 39.2 Å². The first kappa shape index (κ1) is 27.8. The molecule has 1 aromatic carbocycles. The molecule has 0 saturated carbocycles. The summed E-state index contributed by atoms with van der Waals surface area (Å²) >= 11 is 0. The lowest BCUT2D eigenvalue weighted by Gasteiger charge is -2.25. The highest BCUT2D eigenvalue weighted by atomic mass is 32.2. The van der Waals surface area contributed by atoms with Crippen LogP contribution in [0.25, 0.3) is 0 Å². The van der Waals surface area contributed by atoms with Crippen molar-refractivity contribution in [2.45, 2.75) is 36.8 Å². The highest BCUT2D eigenvalue weighted by molar-refractivity contribution is 7.92. The van der Waals surface area contributed by atoms with Crippen LogP contribution in [-0.2, 0) is 27.5 Å². The summed E-state index contributed by atoms with van der Waals surface area (Å²) in [6.45, 7) is 0.325. The van der Waals surface area contributed by atoms with Crippen molar-refractivity contribution in [3.05, 3.63) is 83.6 Å². The van der Waals surface area contributed by atoms with Gasteiger partial charge in [0.1, 0.15) is 28.3 Å². The van der Waals surface area contributed by atoms with Crippen LogP contribution in [0.15, 0.2) is 65.8 Å². The number of hydrogen-bond acceptors (Lipinski definition) is 6. The summed E-state index contributed by atoms with van der Waals surface area (Å²) < 4.78 is 124. The Balaban J connectivity index is 2.01. The third-order valence-electron chi connectivity index (χ3n) is 4.92. The zero-order chi connectivity index (χ0) is 27.6. The summed E-state index contributed by atoms with van der Waals surface area (Å²) in [5, 5.41) is 6.91. The second-order valence-corrected chi connectivity index (χ2v) is 9.38. The van der Waals surface area contributed by atoms with Crippen LogP contribution in [-0.4, -0.2) is 30.5 Å². The number of rotatable bonds is 7. The van der Waals surface area contributed by atoms with Crippen LogP contribution in [0.5, 0.6) is 0 Å². The molecule has 0 saturated heterocycles. The topological polar surface area (TPSA) is 96.2 Å². The lowest BCUT2D eigenvalue weighted by Crippen LogP contribution is -2.32. The van der Waals surface area contributed by atoms with Crippen molar-refractivity contribution in [1.29, 1.82) is 5.41 Å². The number of aromatic nitrogens is 2. The number of hydrogen-bond donors (Lipinski definition) is 1. The maximum absolute atomic E-state index is 15.0. The van der Waals surface area contributed by atoms with Gasteiger partial charge >= 0.3 is 12.4 Å². The lowest BCUT2D eigenvalue weighted by atomic mass is 10.1. The summed E-state index contributed by atoms with van der Waals surface area (Å²) in [5.41, 5.74) is -1.81. The Bertz CT molecular complexity index is 1380. The lowest BCUT2D eigenvalue weighted by molar-refractivity contribution is -0.141. The van der Waals surface area contributed by atoms with Gasteiger partial charge in [-0.25, -0.2) is 22.1 Å². The van der Waals surface area contributed by atoms with Gasteiger partial charge in [0.15, 0.2) is 0 Å². The molecule has 2 heterocycles. The molecular formula is C22H17F7N4O3S. The van der Waals surface area contributed by atoms with Gasteiger partial charge in [-0.1, -0.05) is 18.2 Å². The van der Waals surface area contributed by atoms with Crippen molar-refractivity contribution < 1.29 is 43.9 Å². The SMILES string of the molecule is CC(OC(=N)C(F)(F)F)c1ccc(CN(c2cccc(C(F)(F)F)n2)S(=O)(=O)c2cccnc2)c(F)c1. The first-order valence-electron chi connectivity index (χ1n) is 10.2. The Labute approximate surface area is 206 Å². The van der Waals surface area contributed by atoms with Crippen molar-refractivity contribution in [3.63, 3.8) is 0 Å². The maximum Gasteiger partial charge on any atom is 0.467 e. The van der Waals surface area contributed by atoms with Crippen LogP contribution in [0.3, 0.4) is 0 Å². The molecule has 0 aliphatic carbocycles. The van der Waals surface area contributed by atoms with E-state index in [0.29, 0.717) is 10.4 Å². The highest BCUT2D eigenvalue weighted by Crippen LogP contribution is 2.32. The molecule has 0 amide bonds. The van der Waals surface area contributed by atoms with E-state index in [1.165, 1.54) is 12.3 Å². The fourth-order valence-corrected chi connectivity index (χ4v) is 4.40. The van der Waals surface area contributed by atoms with Gasteiger partial charge in [-0.2, -0.15) is 26.3 Å². The molecule has 0 aliphatic rings. The third kappa shape index (κ3) is 6.53. The second kappa shape index (κ2) is 10.3. The van der Waals surface area contributed by atoms with Gasteiger partial charge in [0.2, 0.25) is 0 Å². The number of nitrogens with one attached hydrogen (secondary N) is 1. The van der Waals surface area contributed by atoms with Crippen LogP contribution >= 0.6 is 0 Å². The van der Waals surface area contributed by atoms with E-state index in [0.717, 1.165) is 49.5 Å². The first-order chi connectivity index (χ1) is 17.1. The van der Waals surface area contributed by atoms with Gasteiger partial charge in [0.05, 0.1) is 6.54 Å². The van der Waals surface area contributed by atoms with E-state index in [4.69, 9.17) is 5.41 Å². The monoisotopic (exact) mass is 550 g/mol. The minimum atomic E-state index is -5.05. The zero-order valence-electron chi connectivity index (χ0n) is 18.7. The third-order valence-corrected chi connectivity index (χ3v) is 6.65. The Morgan fingerprint density at radius 1 is 1.08 bits per heavy atom. The number of sulfonamides is 1. The van der Waals surface area contributed by atoms with Crippen molar-refractivity contribution in [2.24, 2.45) is 0 Å². The van der Waals surface area contributed by atoms with Gasteiger partial charge in [0.25, 0.3) is 15.9 Å². The van der Waals surface area contributed by atoms with Gasteiger partial charge in [-0.3, -0.25) is 10.4 Å². The van der Waals surface area contributed by atoms with Crippen molar-refractivity contribution in [1.82, 2.24) is 9.97 Å². The summed E-state index contributed by atoms with van der Waals surface area (Å²) in [5.74, 6) is -3.73. The molecular weight excluding hydrogens is 533 g/mol. The number of halogens is 7. The highest BCUT2D eigenvalue weighted by Gasteiger charge is 2.38. The van der Waals surface area contributed by atoms with Crippen molar-refractivity contribution in [3.8, 4) is 0 Å². The molecule has 1 N–H and O–H groups in total. The molecule has 3 rings (SSSR count). The van der Waals surface area contributed by atoms with Crippen LogP contribution in [0.1, 0.15) is 29.8 Å². The van der Waals surface area contributed by atoms with E-state index >= 15 is 0 Å². The minimum Gasteiger partial charge on any atom is -0.467 e. The van der Waals surface area contributed by atoms with Crippen LogP contribution < -0.4 is 4.31 Å². The quantitative estimate of drug-likeness (QED) is 0.233. The Hall–Kier alpha value is -3.75. The average Bonchev–Trinajstić information content (AvgIpc) is 2.82. The molecule has 1 unspecified atom stereocenters. The molecule has 0 aliphatic heterocycles. The fourth-order valence-electron chi connectivity index (χ4n) is 3.05. The van der Waals surface area contributed by atoms with Crippen LogP contribution in [0, 0.1) is 11.2 Å². The second-order valence-electron chi connectivity index (χ2n) is 7.52. The van der Waals surface area contributed by atoms with Gasteiger partial charge in [-0.05, 0) is 42.8 Å². The van der Waals surface area contributed by atoms with Crippen molar-refractivity contribution >= 4 is 21.7 Å². The number of pyridine rings is 2. The molecule has 0 radical (unpaired) electrons. The van der Waals surface area contributed by atoms with Crippen LogP contribution in [0.2, 0.25) is 0 Å². The van der Waals surface area contributed by atoms with E-state index < -0.39 is 63.1 Å². The largest absolute Gasteiger partial charge is 0.467 e. The first-order valence-corrected chi connectivity index (χ1v) is 11.6. The molecule has 198 valence electrons. The van der Waals surface area contributed by atoms with Gasteiger partial charge in [0, 0.05) is 18.0 Å². The Morgan fingerprint density at radius 3 is 2.35 bits per heavy atom. The molecule has 3 aromatic rings. The van der Waals surface area contributed by atoms with Crippen molar-refractivity contribution in [2.75, 3.05) is 4.31 Å². The molecule has 7 nitrogen and oxygen atoms in total. The number of alkyl halides is 6. The van der Waals surface area contributed by atoms with E-state index in [1.54, 1.807) is 0 Å². The number of benzene rings is 1.